The highest BCUT2D eigenvalue weighted by atomic mass is 35.5. The van der Waals surface area contributed by atoms with Crippen LogP contribution in [0.5, 0.6) is 17.5 Å². The van der Waals surface area contributed by atoms with Crippen molar-refractivity contribution in [3.8, 4) is 23.2 Å². The molecule has 0 aliphatic carbocycles. The Morgan fingerprint density at radius 1 is 0.933 bits per heavy atom. The Hall–Kier alpha value is -3.49. The van der Waals surface area contributed by atoms with Crippen LogP contribution in [0.3, 0.4) is 0 Å². The zero-order valence-corrected chi connectivity index (χ0v) is 17.1. The molecule has 0 spiro atoms. The summed E-state index contributed by atoms with van der Waals surface area (Å²) >= 11 is 0. The number of hydrogen-bond donors (Lipinski definition) is 1. The van der Waals surface area contributed by atoms with Crippen molar-refractivity contribution in [1.82, 2.24) is 30.5 Å². The van der Waals surface area contributed by atoms with E-state index in [1.165, 1.54) is 4.68 Å². The van der Waals surface area contributed by atoms with Gasteiger partial charge in [-0.05, 0) is 52.4 Å². The first kappa shape index (κ1) is 21.2. The second kappa shape index (κ2) is 10.3. The van der Waals surface area contributed by atoms with E-state index in [1.54, 1.807) is 13.3 Å². The summed E-state index contributed by atoms with van der Waals surface area (Å²) in [6, 6.07) is 21.4. The molecule has 2 aromatic carbocycles. The molecular formula is C21H21ClN6O2. The fourth-order valence-electron chi connectivity index (χ4n) is 2.82. The standard InChI is InChI=1S/C21H20N6O2.ClH/c1-28-20-13-16(14-22-15-17-7-5-6-12-23-17)10-11-19(20)29-21-24-25-26-27(21)18-8-3-2-4-9-18;/h2-13,22H,14-15H2,1H3;1H. The van der Waals surface area contributed by atoms with Crippen LogP contribution in [0.1, 0.15) is 11.3 Å². The van der Waals surface area contributed by atoms with Crippen molar-refractivity contribution in [3.05, 3.63) is 84.2 Å². The summed E-state index contributed by atoms with van der Waals surface area (Å²) < 4.78 is 13.0. The van der Waals surface area contributed by atoms with E-state index in [0.29, 0.717) is 24.6 Å². The van der Waals surface area contributed by atoms with Gasteiger partial charge < -0.3 is 14.8 Å². The Morgan fingerprint density at radius 3 is 2.53 bits per heavy atom. The molecule has 154 valence electrons. The first-order valence-electron chi connectivity index (χ1n) is 9.12. The molecule has 0 aliphatic rings. The van der Waals surface area contributed by atoms with Crippen LogP contribution in [0, 0.1) is 0 Å². The molecule has 2 aromatic heterocycles. The van der Waals surface area contributed by atoms with Gasteiger partial charge in [0.05, 0.1) is 18.5 Å². The number of tetrazole rings is 1. The lowest BCUT2D eigenvalue weighted by Gasteiger charge is -2.12. The first-order valence-corrected chi connectivity index (χ1v) is 9.12. The van der Waals surface area contributed by atoms with Gasteiger partial charge in [0.2, 0.25) is 0 Å². The summed E-state index contributed by atoms with van der Waals surface area (Å²) in [7, 11) is 1.60. The first-order chi connectivity index (χ1) is 14.3. The number of ether oxygens (including phenoxy) is 2. The molecule has 0 saturated heterocycles. The molecule has 0 saturated carbocycles. The zero-order valence-electron chi connectivity index (χ0n) is 16.3. The maximum absolute atomic E-state index is 5.93. The molecule has 1 N–H and O–H groups in total. The van der Waals surface area contributed by atoms with Gasteiger partial charge in [0, 0.05) is 19.3 Å². The number of pyridine rings is 1. The Kier molecular flexibility index (Phi) is 7.31. The summed E-state index contributed by atoms with van der Waals surface area (Å²) in [5.41, 5.74) is 2.86. The maximum Gasteiger partial charge on any atom is 0.346 e. The molecule has 0 amide bonds. The molecule has 0 atom stereocenters. The van der Waals surface area contributed by atoms with E-state index in [1.807, 2.05) is 66.7 Å². The van der Waals surface area contributed by atoms with E-state index in [9.17, 15) is 0 Å². The summed E-state index contributed by atoms with van der Waals surface area (Å²) in [6.45, 7) is 1.36. The van der Waals surface area contributed by atoms with Crippen LogP contribution in [0.15, 0.2) is 72.9 Å². The molecule has 0 unspecified atom stereocenters. The fraction of sp³-hybridized carbons (Fsp3) is 0.143. The molecule has 4 aromatic rings. The van der Waals surface area contributed by atoms with Gasteiger partial charge in [0.15, 0.2) is 11.5 Å². The van der Waals surface area contributed by atoms with E-state index in [4.69, 9.17) is 9.47 Å². The molecule has 0 aliphatic heterocycles. The fourth-order valence-corrected chi connectivity index (χ4v) is 2.82. The average Bonchev–Trinajstić information content (AvgIpc) is 3.24. The van der Waals surface area contributed by atoms with Crippen LogP contribution in [-0.2, 0) is 13.1 Å². The molecule has 4 rings (SSSR count). The second-order valence-corrected chi connectivity index (χ2v) is 6.22. The lowest BCUT2D eigenvalue weighted by atomic mass is 10.2. The highest BCUT2D eigenvalue weighted by Crippen LogP contribution is 2.32. The Balaban J connectivity index is 0.00000256. The summed E-state index contributed by atoms with van der Waals surface area (Å²) in [6.07, 6.45) is 1.79. The topological polar surface area (TPSA) is 87.0 Å². The molecule has 0 bridgehead atoms. The predicted molar refractivity (Wildman–Crippen MR) is 114 cm³/mol. The predicted octanol–water partition coefficient (Wildman–Crippen LogP) is 3.57. The maximum atomic E-state index is 5.93. The monoisotopic (exact) mass is 424 g/mol. The van der Waals surface area contributed by atoms with Crippen molar-refractivity contribution in [1.29, 1.82) is 0 Å². The molecule has 0 fully saturated rings. The molecule has 0 radical (unpaired) electrons. The summed E-state index contributed by atoms with van der Waals surface area (Å²) in [4.78, 5) is 4.30. The smallest absolute Gasteiger partial charge is 0.346 e. The quantitative estimate of drug-likeness (QED) is 0.462. The van der Waals surface area contributed by atoms with Gasteiger partial charge in [-0.2, -0.15) is 4.68 Å². The van der Waals surface area contributed by atoms with E-state index in [-0.39, 0.29) is 18.4 Å². The number of hydrogen-bond acceptors (Lipinski definition) is 7. The molecule has 30 heavy (non-hydrogen) atoms. The van der Waals surface area contributed by atoms with E-state index in [0.717, 1.165) is 16.9 Å². The van der Waals surface area contributed by atoms with E-state index < -0.39 is 0 Å². The largest absolute Gasteiger partial charge is 0.493 e. The number of rotatable bonds is 8. The second-order valence-electron chi connectivity index (χ2n) is 6.22. The van der Waals surface area contributed by atoms with Crippen LogP contribution >= 0.6 is 12.4 Å². The summed E-state index contributed by atoms with van der Waals surface area (Å²) in [5.74, 6) is 1.14. The minimum absolute atomic E-state index is 0. The van der Waals surface area contributed by atoms with Crippen LogP contribution in [0.25, 0.3) is 5.69 Å². The number of nitrogens with zero attached hydrogens (tertiary/aromatic N) is 5. The van der Waals surface area contributed by atoms with Gasteiger partial charge >= 0.3 is 6.01 Å². The van der Waals surface area contributed by atoms with Crippen molar-refractivity contribution >= 4 is 12.4 Å². The van der Waals surface area contributed by atoms with Crippen LogP contribution in [0.4, 0.5) is 0 Å². The summed E-state index contributed by atoms with van der Waals surface area (Å²) in [5, 5.41) is 15.1. The number of aromatic nitrogens is 5. The number of methoxy groups -OCH3 is 1. The number of benzene rings is 2. The van der Waals surface area contributed by atoms with Gasteiger partial charge in [-0.1, -0.05) is 35.4 Å². The van der Waals surface area contributed by atoms with Gasteiger partial charge in [0.1, 0.15) is 0 Å². The number of nitrogens with one attached hydrogen (secondary N) is 1. The van der Waals surface area contributed by atoms with Crippen LogP contribution in [0.2, 0.25) is 0 Å². The third-order valence-corrected chi connectivity index (χ3v) is 4.23. The van der Waals surface area contributed by atoms with Gasteiger partial charge in [-0.3, -0.25) is 4.98 Å². The Morgan fingerprint density at radius 2 is 1.77 bits per heavy atom. The molecule has 8 nitrogen and oxygen atoms in total. The van der Waals surface area contributed by atoms with Crippen molar-refractivity contribution in [2.75, 3.05) is 7.11 Å². The third-order valence-electron chi connectivity index (χ3n) is 4.23. The van der Waals surface area contributed by atoms with Gasteiger partial charge in [0.25, 0.3) is 0 Å². The lowest BCUT2D eigenvalue weighted by Crippen LogP contribution is -2.13. The normalized spacial score (nSPS) is 10.3. The number of halogens is 1. The van der Waals surface area contributed by atoms with Gasteiger partial charge in [-0.25, -0.2) is 0 Å². The Labute approximate surface area is 180 Å². The average molecular weight is 425 g/mol. The molecular weight excluding hydrogens is 404 g/mol. The van der Waals surface area contributed by atoms with Crippen LogP contribution < -0.4 is 14.8 Å². The van der Waals surface area contributed by atoms with Crippen molar-refractivity contribution in [3.63, 3.8) is 0 Å². The highest BCUT2D eigenvalue weighted by molar-refractivity contribution is 5.85. The minimum Gasteiger partial charge on any atom is -0.493 e. The highest BCUT2D eigenvalue weighted by Gasteiger charge is 2.14. The van der Waals surface area contributed by atoms with Crippen molar-refractivity contribution in [2.24, 2.45) is 0 Å². The molecule has 2 heterocycles. The van der Waals surface area contributed by atoms with Gasteiger partial charge in [-0.15, -0.1) is 12.4 Å². The third kappa shape index (κ3) is 5.11. The van der Waals surface area contributed by atoms with E-state index >= 15 is 0 Å². The Bertz CT molecular complexity index is 1060. The van der Waals surface area contributed by atoms with Crippen molar-refractivity contribution < 1.29 is 9.47 Å². The van der Waals surface area contributed by atoms with E-state index in [2.05, 4.69) is 25.8 Å². The lowest BCUT2D eigenvalue weighted by molar-refractivity contribution is 0.362. The minimum atomic E-state index is 0. The molecule has 9 heteroatoms. The van der Waals surface area contributed by atoms with Crippen LogP contribution in [-0.4, -0.2) is 32.3 Å². The SMILES string of the molecule is COc1cc(CNCc2ccccn2)ccc1Oc1nnnn1-c1ccccc1.Cl. The number of para-hydroxylation sites is 1. The zero-order chi connectivity index (χ0) is 19.9. The van der Waals surface area contributed by atoms with Crippen molar-refractivity contribution in [2.45, 2.75) is 13.1 Å².